The van der Waals surface area contributed by atoms with Crippen LogP contribution in [0.1, 0.15) is 26.2 Å². The molecule has 22 heavy (non-hydrogen) atoms. The average molecular weight is 329 g/mol. The summed E-state index contributed by atoms with van der Waals surface area (Å²) in [7, 11) is -3.05. The summed E-state index contributed by atoms with van der Waals surface area (Å²) in [6, 6.07) is 6.09. The van der Waals surface area contributed by atoms with Crippen LogP contribution in [0.5, 0.6) is 5.75 Å². The molecule has 7 heteroatoms. The molecule has 5 nitrogen and oxygen atoms in total. The molecule has 1 amide bonds. The van der Waals surface area contributed by atoms with Crippen molar-refractivity contribution >= 4 is 15.7 Å². The summed E-state index contributed by atoms with van der Waals surface area (Å²) in [5, 5.41) is 2.77. The fraction of sp³-hybridized carbons (Fsp3) is 0.533. The smallest absolute Gasteiger partial charge is 0.220 e. The number of benzene rings is 1. The number of nitrogens with one attached hydrogen (secondary N) is 1. The lowest BCUT2D eigenvalue weighted by atomic mass is 10.0. The zero-order valence-electron chi connectivity index (χ0n) is 12.5. The minimum absolute atomic E-state index is 0.0164. The van der Waals surface area contributed by atoms with Crippen LogP contribution in [0.25, 0.3) is 0 Å². The maximum Gasteiger partial charge on any atom is 0.220 e. The quantitative estimate of drug-likeness (QED) is 0.806. The molecule has 1 aliphatic rings. The summed E-state index contributed by atoms with van der Waals surface area (Å²) < 4.78 is 41.5. The number of ether oxygens (including phenoxy) is 1. The van der Waals surface area contributed by atoms with E-state index in [4.69, 9.17) is 4.74 Å². The third kappa shape index (κ3) is 4.69. The SMILES string of the molecule is CC1(NC(=O)CCCOc2ccccc2F)CCS(=O)(=O)C1. The Kier molecular flexibility index (Phi) is 5.05. The first kappa shape index (κ1) is 16.7. The molecule has 0 saturated carbocycles. The maximum atomic E-state index is 13.3. The van der Waals surface area contributed by atoms with Crippen molar-refractivity contribution in [2.75, 3.05) is 18.1 Å². The molecule has 1 unspecified atom stereocenters. The lowest BCUT2D eigenvalue weighted by Gasteiger charge is -2.23. The van der Waals surface area contributed by atoms with Crippen molar-refractivity contribution in [1.82, 2.24) is 5.32 Å². The predicted octanol–water partition coefficient (Wildman–Crippen LogP) is 1.68. The first-order valence-electron chi connectivity index (χ1n) is 7.18. The largest absolute Gasteiger partial charge is 0.491 e. The Balaban J connectivity index is 1.71. The van der Waals surface area contributed by atoms with Crippen molar-refractivity contribution in [3.05, 3.63) is 30.1 Å². The van der Waals surface area contributed by atoms with E-state index in [9.17, 15) is 17.6 Å². The molecule has 2 rings (SSSR count). The van der Waals surface area contributed by atoms with Crippen LogP contribution >= 0.6 is 0 Å². The molecule has 0 aliphatic carbocycles. The minimum Gasteiger partial charge on any atom is -0.491 e. The van der Waals surface area contributed by atoms with Crippen LogP contribution in [-0.2, 0) is 14.6 Å². The molecule has 0 spiro atoms. The molecule has 1 atom stereocenters. The first-order chi connectivity index (χ1) is 10.3. The van der Waals surface area contributed by atoms with Gasteiger partial charge in [-0.2, -0.15) is 0 Å². The van der Waals surface area contributed by atoms with Crippen molar-refractivity contribution in [1.29, 1.82) is 0 Å². The molecule has 1 saturated heterocycles. The van der Waals surface area contributed by atoms with Gasteiger partial charge in [0.1, 0.15) is 0 Å². The highest BCUT2D eigenvalue weighted by Gasteiger charge is 2.39. The van der Waals surface area contributed by atoms with Crippen LogP contribution in [-0.4, -0.2) is 38.0 Å². The van der Waals surface area contributed by atoms with Gasteiger partial charge in [0.2, 0.25) is 5.91 Å². The zero-order chi connectivity index (χ0) is 16.2. The van der Waals surface area contributed by atoms with Gasteiger partial charge in [-0.25, -0.2) is 12.8 Å². The van der Waals surface area contributed by atoms with Crippen LogP contribution < -0.4 is 10.1 Å². The van der Waals surface area contributed by atoms with Crippen LogP contribution in [0.3, 0.4) is 0 Å². The number of carbonyl (C=O) groups excluding carboxylic acids is 1. The Hall–Kier alpha value is -1.63. The summed E-state index contributed by atoms with van der Waals surface area (Å²) in [4.78, 5) is 11.9. The molecule has 0 aromatic heterocycles. The second-order valence-electron chi connectivity index (χ2n) is 5.83. The van der Waals surface area contributed by atoms with E-state index < -0.39 is 21.2 Å². The standard InChI is InChI=1S/C15H20FNO4S/c1-15(8-10-22(19,20)11-15)17-14(18)7-4-9-21-13-6-3-2-5-12(13)16/h2-3,5-6H,4,7-11H2,1H3,(H,17,18). The van der Waals surface area contributed by atoms with Gasteiger partial charge in [-0.3, -0.25) is 4.79 Å². The molecule has 1 N–H and O–H groups in total. The highest BCUT2D eigenvalue weighted by Crippen LogP contribution is 2.23. The van der Waals surface area contributed by atoms with Crippen molar-refractivity contribution in [3.63, 3.8) is 0 Å². The molecule has 0 bridgehead atoms. The van der Waals surface area contributed by atoms with E-state index in [-0.39, 0.29) is 36.2 Å². The fourth-order valence-corrected chi connectivity index (χ4v) is 4.58. The second kappa shape index (κ2) is 6.64. The minimum atomic E-state index is -3.05. The van der Waals surface area contributed by atoms with Gasteiger partial charge in [0.15, 0.2) is 21.4 Å². The van der Waals surface area contributed by atoms with E-state index in [1.165, 1.54) is 12.1 Å². The molecular weight excluding hydrogens is 309 g/mol. The third-order valence-electron chi connectivity index (χ3n) is 3.59. The molecule has 0 radical (unpaired) electrons. The summed E-state index contributed by atoms with van der Waals surface area (Å²) in [5.74, 6) is -0.387. The number of hydrogen-bond acceptors (Lipinski definition) is 4. The molecule has 1 heterocycles. The summed E-state index contributed by atoms with van der Waals surface area (Å²) in [6.45, 7) is 1.97. The highest BCUT2D eigenvalue weighted by atomic mass is 32.2. The highest BCUT2D eigenvalue weighted by molar-refractivity contribution is 7.91. The van der Waals surface area contributed by atoms with Crippen LogP contribution in [0.15, 0.2) is 24.3 Å². The van der Waals surface area contributed by atoms with Crippen molar-refractivity contribution in [2.45, 2.75) is 31.7 Å². The normalized spacial score (nSPS) is 23.2. The van der Waals surface area contributed by atoms with Gasteiger partial charge in [-0.15, -0.1) is 0 Å². The number of rotatable bonds is 6. The van der Waals surface area contributed by atoms with Gasteiger partial charge in [0.25, 0.3) is 0 Å². The average Bonchev–Trinajstić information content (AvgIpc) is 2.70. The van der Waals surface area contributed by atoms with E-state index in [1.54, 1.807) is 19.1 Å². The molecule has 1 aromatic rings. The number of hydrogen-bond donors (Lipinski definition) is 1. The van der Waals surface area contributed by atoms with Crippen molar-refractivity contribution in [3.8, 4) is 5.75 Å². The van der Waals surface area contributed by atoms with Crippen LogP contribution in [0, 0.1) is 5.82 Å². The molecule has 122 valence electrons. The molecular formula is C15H20FNO4S. The Morgan fingerprint density at radius 1 is 1.41 bits per heavy atom. The van der Waals surface area contributed by atoms with Gasteiger partial charge in [-0.1, -0.05) is 12.1 Å². The summed E-state index contributed by atoms with van der Waals surface area (Å²) >= 11 is 0. The van der Waals surface area contributed by atoms with Crippen molar-refractivity contribution < 1.29 is 22.3 Å². The lowest BCUT2D eigenvalue weighted by Crippen LogP contribution is -2.46. The van der Waals surface area contributed by atoms with Crippen LogP contribution in [0.4, 0.5) is 4.39 Å². The number of halogens is 1. The third-order valence-corrected chi connectivity index (χ3v) is 5.49. The molecule has 1 aromatic carbocycles. The molecule has 1 fully saturated rings. The van der Waals surface area contributed by atoms with E-state index in [1.807, 2.05) is 0 Å². The number of amides is 1. The first-order valence-corrected chi connectivity index (χ1v) is 9.01. The van der Waals surface area contributed by atoms with Crippen LogP contribution in [0.2, 0.25) is 0 Å². The lowest BCUT2D eigenvalue weighted by molar-refractivity contribution is -0.122. The molecule has 1 aliphatic heterocycles. The Labute approximate surface area is 129 Å². The predicted molar refractivity (Wildman–Crippen MR) is 80.9 cm³/mol. The Morgan fingerprint density at radius 2 is 2.14 bits per heavy atom. The fourth-order valence-electron chi connectivity index (χ4n) is 2.48. The van der Waals surface area contributed by atoms with E-state index in [0.29, 0.717) is 12.8 Å². The topological polar surface area (TPSA) is 72.5 Å². The van der Waals surface area contributed by atoms with E-state index in [2.05, 4.69) is 5.32 Å². The van der Waals surface area contributed by atoms with Gasteiger partial charge in [0, 0.05) is 6.42 Å². The Bertz CT molecular complexity index is 647. The van der Waals surface area contributed by atoms with Gasteiger partial charge >= 0.3 is 0 Å². The monoisotopic (exact) mass is 329 g/mol. The Morgan fingerprint density at radius 3 is 2.77 bits per heavy atom. The zero-order valence-corrected chi connectivity index (χ0v) is 13.3. The number of sulfone groups is 1. The van der Waals surface area contributed by atoms with Crippen molar-refractivity contribution in [2.24, 2.45) is 0 Å². The van der Waals surface area contributed by atoms with E-state index >= 15 is 0 Å². The van der Waals surface area contributed by atoms with Gasteiger partial charge in [-0.05, 0) is 31.9 Å². The number of carbonyl (C=O) groups is 1. The summed E-state index contributed by atoms with van der Waals surface area (Å²) in [5.41, 5.74) is -0.678. The van der Waals surface area contributed by atoms with Gasteiger partial charge in [0.05, 0.1) is 23.7 Å². The summed E-state index contributed by atoms with van der Waals surface area (Å²) in [6.07, 6.45) is 1.08. The van der Waals surface area contributed by atoms with E-state index in [0.717, 1.165) is 0 Å². The number of para-hydroxylation sites is 1. The maximum absolute atomic E-state index is 13.3. The van der Waals surface area contributed by atoms with Gasteiger partial charge < -0.3 is 10.1 Å². The second-order valence-corrected chi connectivity index (χ2v) is 8.02.